The molecule has 3 aromatic carbocycles. The van der Waals surface area contributed by atoms with Crippen molar-refractivity contribution >= 4 is 58.4 Å². The predicted octanol–water partition coefficient (Wildman–Crippen LogP) is 4.90. The molecule has 0 saturated heterocycles. The molecule has 0 aromatic heterocycles. The molecule has 4 N–H and O–H groups in total. The molecule has 0 spiro atoms. The van der Waals surface area contributed by atoms with Crippen molar-refractivity contribution in [2.24, 2.45) is 0 Å². The van der Waals surface area contributed by atoms with Crippen molar-refractivity contribution in [2.75, 3.05) is 26.0 Å². The molecule has 10 nitrogen and oxygen atoms in total. The summed E-state index contributed by atoms with van der Waals surface area (Å²) in [6.45, 7) is 0.615. The molecule has 1 heterocycles. The van der Waals surface area contributed by atoms with Gasteiger partial charge in [0.25, 0.3) is 0 Å². The maximum Gasteiger partial charge on any atom is 0.246 e. The second-order valence-electron chi connectivity index (χ2n) is 11.3. The van der Waals surface area contributed by atoms with Gasteiger partial charge in [0.2, 0.25) is 17.7 Å². The maximum atomic E-state index is 13.9. The van der Waals surface area contributed by atoms with Gasteiger partial charge in [0.15, 0.2) is 11.7 Å². The monoisotopic (exact) mass is 664 g/mol. The van der Waals surface area contributed by atoms with E-state index in [9.17, 15) is 19.2 Å². The van der Waals surface area contributed by atoms with Crippen molar-refractivity contribution in [3.05, 3.63) is 99.5 Å². The number of anilines is 1. The number of hydrogen-bond acceptors (Lipinski definition) is 5. The number of fused-ring (bicyclic) bond motifs is 1. The Kier molecular flexibility index (Phi) is 12.2. The largest absolute Gasteiger partial charge is 0.356 e. The van der Waals surface area contributed by atoms with Crippen LogP contribution in [0.4, 0.5) is 5.69 Å². The number of Topliss-reactive ketones (excluding diaryl/α,β-unsaturated/α-hetero) is 1. The number of carbonyl (C=O) groups excluding carboxylic acids is 4. The average molecular weight is 666 g/mol. The quantitative estimate of drug-likeness (QED) is 0.0942. The van der Waals surface area contributed by atoms with Gasteiger partial charge in [-0.05, 0) is 42.2 Å². The van der Waals surface area contributed by atoms with E-state index >= 15 is 0 Å². The molecule has 0 saturated carbocycles. The van der Waals surface area contributed by atoms with E-state index in [4.69, 9.17) is 28.6 Å². The minimum atomic E-state index is -0.953. The molecule has 3 aromatic rings. The van der Waals surface area contributed by atoms with E-state index in [-0.39, 0.29) is 54.9 Å². The van der Waals surface area contributed by atoms with Crippen LogP contribution in [0.3, 0.4) is 0 Å². The Morgan fingerprint density at radius 3 is 2.33 bits per heavy atom. The standard InChI is InChI=1S/C34H38Cl2N6O4/c1-41(2)34(37)38-18-8-13-28(32(45)39-25-14-15-26(35)27(36)20-25)40-33(46)29-19-23-11-6-7-12-24(23)21-42(29)31(44)17-16-30(43)22-9-4-3-5-10-22/h3-7,9-12,14-15,20,28-29H,8,13,16-19,21H2,1-2H3,(H2,37,38)(H,39,45)(H,40,46)/t28-,29?/m0/s1. The second kappa shape index (κ2) is 16.2. The van der Waals surface area contributed by atoms with E-state index in [0.717, 1.165) is 11.1 Å². The molecule has 1 aliphatic rings. The Hall–Kier alpha value is -4.41. The maximum absolute atomic E-state index is 13.9. The van der Waals surface area contributed by atoms with Crippen molar-refractivity contribution in [2.45, 2.75) is 50.7 Å². The number of halogens is 2. The molecule has 1 unspecified atom stereocenters. The molecule has 1 aliphatic heterocycles. The summed E-state index contributed by atoms with van der Waals surface area (Å²) in [4.78, 5) is 56.9. The summed E-state index contributed by atoms with van der Waals surface area (Å²) in [6.07, 6.45) is 0.954. The highest BCUT2D eigenvalue weighted by Gasteiger charge is 2.36. The van der Waals surface area contributed by atoms with Gasteiger partial charge >= 0.3 is 0 Å². The Morgan fingerprint density at radius 1 is 0.935 bits per heavy atom. The van der Waals surface area contributed by atoms with Gasteiger partial charge in [0.05, 0.1) is 10.0 Å². The van der Waals surface area contributed by atoms with Gasteiger partial charge in [-0.15, -0.1) is 0 Å². The lowest BCUT2D eigenvalue weighted by molar-refractivity contribution is -0.142. The third-order valence-electron chi connectivity index (χ3n) is 7.76. The summed E-state index contributed by atoms with van der Waals surface area (Å²) < 4.78 is 0. The minimum absolute atomic E-state index is 0.0129. The minimum Gasteiger partial charge on any atom is -0.356 e. The number of benzene rings is 3. The van der Waals surface area contributed by atoms with Gasteiger partial charge in [-0.1, -0.05) is 77.8 Å². The molecule has 2 atom stereocenters. The Bertz CT molecular complexity index is 1580. The van der Waals surface area contributed by atoms with Crippen molar-refractivity contribution in [1.29, 1.82) is 5.41 Å². The number of carbonyl (C=O) groups is 4. The number of rotatable bonds is 12. The van der Waals surface area contributed by atoms with Crippen LogP contribution >= 0.6 is 23.2 Å². The Labute approximate surface area is 278 Å². The lowest BCUT2D eigenvalue weighted by atomic mass is 9.92. The second-order valence-corrected chi connectivity index (χ2v) is 12.1. The molecule has 0 fully saturated rings. The molecular formula is C34H38Cl2N6O4. The van der Waals surface area contributed by atoms with E-state index in [1.165, 1.54) is 11.0 Å². The highest BCUT2D eigenvalue weighted by atomic mass is 35.5. The van der Waals surface area contributed by atoms with Crippen LogP contribution in [0.5, 0.6) is 0 Å². The van der Waals surface area contributed by atoms with Gasteiger partial charge in [-0.2, -0.15) is 0 Å². The number of ketones is 1. The van der Waals surface area contributed by atoms with Crippen LogP contribution in [0.1, 0.15) is 47.2 Å². The number of nitrogens with one attached hydrogen (secondary N) is 4. The molecular weight excluding hydrogens is 627 g/mol. The van der Waals surface area contributed by atoms with Gasteiger partial charge < -0.3 is 25.8 Å². The van der Waals surface area contributed by atoms with Gasteiger partial charge in [0.1, 0.15) is 12.1 Å². The zero-order valence-electron chi connectivity index (χ0n) is 25.8. The van der Waals surface area contributed by atoms with Crippen LogP contribution in [-0.4, -0.2) is 72.0 Å². The summed E-state index contributed by atoms with van der Waals surface area (Å²) in [5.74, 6) is -1.18. The van der Waals surface area contributed by atoms with Crippen LogP contribution in [0.15, 0.2) is 72.8 Å². The predicted molar refractivity (Wildman–Crippen MR) is 180 cm³/mol. The fraction of sp³-hybridized carbons (Fsp3) is 0.324. The van der Waals surface area contributed by atoms with E-state index < -0.39 is 23.9 Å². The number of guanidine groups is 1. The molecule has 242 valence electrons. The van der Waals surface area contributed by atoms with Crippen LogP contribution < -0.4 is 16.0 Å². The summed E-state index contributed by atoms with van der Waals surface area (Å²) >= 11 is 12.2. The average Bonchev–Trinajstić information content (AvgIpc) is 3.05. The van der Waals surface area contributed by atoms with E-state index in [2.05, 4.69) is 16.0 Å². The van der Waals surface area contributed by atoms with E-state index in [1.807, 2.05) is 30.3 Å². The highest BCUT2D eigenvalue weighted by Crippen LogP contribution is 2.27. The van der Waals surface area contributed by atoms with Gasteiger partial charge in [-0.25, -0.2) is 0 Å². The first kappa shape index (κ1) is 34.5. The van der Waals surface area contributed by atoms with Crippen molar-refractivity contribution in [3.8, 4) is 0 Å². The van der Waals surface area contributed by atoms with Crippen LogP contribution in [0.2, 0.25) is 10.0 Å². The summed E-state index contributed by atoms with van der Waals surface area (Å²) in [6, 6.07) is 19.3. The van der Waals surface area contributed by atoms with E-state index in [0.29, 0.717) is 29.2 Å². The summed E-state index contributed by atoms with van der Waals surface area (Å²) in [5, 5.41) is 17.2. The van der Waals surface area contributed by atoms with Crippen molar-refractivity contribution < 1.29 is 19.2 Å². The SMILES string of the molecule is CN(C)C(=N)NCCC[C@H](NC(=O)C1Cc2ccccc2CN1C(=O)CCC(=O)c1ccccc1)C(=O)Nc1ccc(Cl)c(Cl)c1. The molecule has 3 amide bonds. The van der Waals surface area contributed by atoms with E-state index in [1.54, 1.807) is 55.4 Å². The number of nitrogens with zero attached hydrogens (tertiary/aromatic N) is 2. The normalized spacial score (nSPS) is 14.4. The zero-order valence-corrected chi connectivity index (χ0v) is 27.3. The highest BCUT2D eigenvalue weighted by molar-refractivity contribution is 6.42. The Balaban J connectivity index is 1.50. The first-order valence-electron chi connectivity index (χ1n) is 15.0. The number of amides is 3. The van der Waals surface area contributed by atoms with Crippen molar-refractivity contribution in [1.82, 2.24) is 20.4 Å². The lowest BCUT2D eigenvalue weighted by Crippen LogP contribution is -2.56. The first-order valence-corrected chi connectivity index (χ1v) is 15.8. The van der Waals surface area contributed by atoms with Crippen LogP contribution in [0, 0.1) is 5.41 Å². The zero-order chi connectivity index (χ0) is 33.2. The van der Waals surface area contributed by atoms with Crippen LogP contribution in [-0.2, 0) is 27.3 Å². The third-order valence-corrected chi connectivity index (χ3v) is 8.50. The topological polar surface area (TPSA) is 135 Å². The summed E-state index contributed by atoms with van der Waals surface area (Å²) in [7, 11) is 3.49. The fourth-order valence-electron chi connectivity index (χ4n) is 5.16. The molecule has 12 heteroatoms. The lowest BCUT2D eigenvalue weighted by Gasteiger charge is -2.37. The van der Waals surface area contributed by atoms with Gasteiger partial charge in [-0.3, -0.25) is 24.6 Å². The third kappa shape index (κ3) is 9.31. The fourth-order valence-corrected chi connectivity index (χ4v) is 5.46. The van der Waals surface area contributed by atoms with Gasteiger partial charge in [0, 0.05) is 57.7 Å². The van der Waals surface area contributed by atoms with Crippen LogP contribution in [0.25, 0.3) is 0 Å². The molecule has 0 radical (unpaired) electrons. The van der Waals surface area contributed by atoms with Crippen molar-refractivity contribution in [3.63, 3.8) is 0 Å². The summed E-state index contributed by atoms with van der Waals surface area (Å²) in [5.41, 5.74) is 2.81. The molecule has 0 bridgehead atoms. The smallest absolute Gasteiger partial charge is 0.246 e. The molecule has 0 aliphatic carbocycles. The Morgan fingerprint density at radius 2 is 1.63 bits per heavy atom. The molecule has 4 rings (SSSR count). The number of hydrogen-bond donors (Lipinski definition) is 4. The first-order chi connectivity index (χ1) is 22.0. The molecule has 46 heavy (non-hydrogen) atoms.